The van der Waals surface area contributed by atoms with Gasteiger partial charge in [-0.05, 0) is 50.3 Å². The van der Waals surface area contributed by atoms with Crippen molar-refractivity contribution in [3.05, 3.63) is 63.6 Å². The monoisotopic (exact) mass is 486 g/mol. The average molecular weight is 487 g/mol. The van der Waals surface area contributed by atoms with Crippen molar-refractivity contribution in [3.63, 3.8) is 0 Å². The second kappa shape index (κ2) is 9.57. The summed E-state index contributed by atoms with van der Waals surface area (Å²) in [5, 5.41) is 2.18. The Morgan fingerprint density at radius 3 is 2.52 bits per heavy atom. The summed E-state index contributed by atoms with van der Waals surface area (Å²) in [4.78, 5) is 50.3. The Bertz CT molecular complexity index is 1080. The summed E-state index contributed by atoms with van der Waals surface area (Å²) in [6.07, 6.45) is 1.32. The van der Waals surface area contributed by atoms with E-state index < -0.39 is 23.8 Å². The van der Waals surface area contributed by atoms with Crippen molar-refractivity contribution < 1.29 is 28.7 Å². The lowest BCUT2D eigenvalue weighted by atomic mass is 10.1. The number of hydrogen-bond acceptors (Lipinski definition) is 6. The van der Waals surface area contributed by atoms with E-state index in [2.05, 4.69) is 21.2 Å². The molecular formula is C22H19BrN2O6. The molecule has 0 saturated carbocycles. The van der Waals surface area contributed by atoms with E-state index in [0.29, 0.717) is 15.7 Å². The number of carbonyl (C=O) groups excluding carboxylic acids is 4. The standard InChI is InChI=1S/C22H19BrN2O6/c1-3-30-19(26)12-31-18-9-6-15(23)10-14(18)11-17-20(27)24-22(29)25(21(17)28)16-7-4-13(2)5-8-16/h4-11H,3,12H2,1-2H3,(H,24,27,29)/b17-11+. The molecule has 1 heterocycles. The molecule has 8 nitrogen and oxygen atoms in total. The Labute approximate surface area is 186 Å². The van der Waals surface area contributed by atoms with Gasteiger partial charge in [-0.3, -0.25) is 14.9 Å². The minimum atomic E-state index is -0.830. The van der Waals surface area contributed by atoms with Gasteiger partial charge in [0.05, 0.1) is 12.3 Å². The van der Waals surface area contributed by atoms with Gasteiger partial charge >= 0.3 is 12.0 Å². The van der Waals surface area contributed by atoms with Gasteiger partial charge in [0.2, 0.25) is 0 Å². The van der Waals surface area contributed by atoms with Crippen molar-refractivity contribution in [2.45, 2.75) is 13.8 Å². The fraction of sp³-hybridized carbons (Fsp3) is 0.182. The van der Waals surface area contributed by atoms with E-state index in [4.69, 9.17) is 9.47 Å². The predicted molar refractivity (Wildman–Crippen MR) is 116 cm³/mol. The molecule has 0 radical (unpaired) electrons. The Morgan fingerprint density at radius 1 is 1.13 bits per heavy atom. The second-order valence-corrected chi connectivity index (χ2v) is 7.48. The number of carbonyl (C=O) groups is 4. The molecule has 0 atom stereocenters. The Hall–Kier alpha value is -3.46. The normalized spacial score (nSPS) is 15.1. The lowest BCUT2D eigenvalue weighted by Gasteiger charge is -2.26. The average Bonchev–Trinajstić information content (AvgIpc) is 2.72. The Morgan fingerprint density at radius 2 is 1.84 bits per heavy atom. The number of amides is 4. The van der Waals surface area contributed by atoms with Crippen molar-refractivity contribution in [3.8, 4) is 5.75 Å². The molecular weight excluding hydrogens is 468 g/mol. The van der Waals surface area contributed by atoms with Crippen LogP contribution in [0.25, 0.3) is 6.08 Å². The molecule has 31 heavy (non-hydrogen) atoms. The first-order valence-electron chi connectivity index (χ1n) is 9.36. The maximum absolute atomic E-state index is 13.0. The molecule has 0 unspecified atom stereocenters. The highest BCUT2D eigenvalue weighted by atomic mass is 79.9. The lowest BCUT2D eigenvalue weighted by Crippen LogP contribution is -2.54. The minimum absolute atomic E-state index is 0.219. The number of anilines is 1. The van der Waals surface area contributed by atoms with Gasteiger partial charge in [-0.2, -0.15) is 0 Å². The number of halogens is 1. The molecule has 9 heteroatoms. The largest absolute Gasteiger partial charge is 0.481 e. The highest BCUT2D eigenvalue weighted by Gasteiger charge is 2.37. The summed E-state index contributed by atoms with van der Waals surface area (Å²) in [6, 6.07) is 10.8. The van der Waals surface area contributed by atoms with Crippen molar-refractivity contribution >= 4 is 51.5 Å². The van der Waals surface area contributed by atoms with Crippen molar-refractivity contribution in [2.24, 2.45) is 0 Å². The summed E-state index contributed by atoms with van der Waals surface area (Å²) in [5.41, 5.74) is 1.41. The van der Waals surface area contributed by atoms with Gasteiger partial charge in [0.15, 0.2) is 6.61 Å². The Kier molecular flexibility index (Phi) is 6.86. The molecule has 1 aliphatic heterocycles. The molecule has 4 amide bonds. The maximum Gasteiger partial charge on any atom is 0.344 e. The third-order valence-corrected chi connectivity index (χ3v) is 4.81. The quantitative estimate of drug-likeness (QED) is 0.381. The number of esters is 1. The third kappa shape index (κ3) is 5.18. The molecule has 160 valence electrons. The van der Waals surface area contributed by atoms with Crippen LogP contribution in [0.15, 0.2) is 52.5 Å². The summed E-state index contributed by atoms with van der Waals surface area (Å²) >= 11 is 3.33. The van der Waals surface area contributed by atoms with Crippen LogP contribution in [0.5, 0.6) is 5.75 Å². The van der Waals surface area contributed by atoms with Gasteiger partial charge in [-0.1, -0.05) is 33.6 Å². The molecule has 0 aromatic heterocycles. The zero-order chi connectivity index (χ0) is 22.5. The fourth-order valence-corrected chi connectivity index (χ4v) is 3.22. The van der Waals surface area contributed by atoms with E-state index in [0.717, 1.165) is 10.5 Å². The SMILES string of the molecule is CCOC(=O)COc1ccc(Br)cc1/C=C1\C(=O)NC(=O)N(c2ccc(C)cc2)C1=O. The Balaban J connectivity index is 1.95. The van der Waals surface area contributed by atoms with E-state index in [-0.39, 0.29) is 24.5 Å². The number of rotatable bonds is 6. The van der Waals surface area contributed by atoms with Crippen LogP contribution in [0, 0.1) is 6.92 Å². The van der Waals surface area contributed by atoms with E-state index >= 15 is 0 Å². The number of nitrogens with zero attached hydrogens (tertiary/aromatic N) is 1. The fourth-order valence-electron chi connectivity index (χ4n) is 2.84. The molecule has 3 rings (SSSR count). The van der Waals surface area contributed by atoms with Crippen molar-refractivity contribution in [1.29, 1.82) is 0 Å². The van der Waals surface area contributed by atoms with Crippen LogP contribution in [-0.2, 0) is 19.1 Å². The van der Waals surface area contributed by atoms with Crippen LogP contribution in [0.1, 0.15) is 18.1 Å². The molecule has 1 aliphatic rings. The smallest absolute Gasteiger partial charge is 0.344 e. The van der Waals surface area contributed by atoms with Crippen LogP contribution >= 0.6 is 15.9 Å². The molecule has 1 fully saturated rings. The molecule has 0 aliphatic carbocycles. The first kappa shape index (κ1) is 22.2. The number of imide groups is 2. The number of barbiturate groups is 1. The highest BCUT2D eigenvalue weighted by Crippen LogP contribution is 2.28. The zero-order valence-electron chi connectivity index (χ0n) is 16.8. The number of benzene rings is 2. The molecule has 1 saturated heterocycles. The molecule has 0 bridgehead atoms. The molecule has 2 aromatic carbocycles. The second-order valence-electron chi connectivity index (χ2n) is 6.57. The van der Waals surface area contributed by atoms with Gasteiger partial charge in [-0.15, -0.1) is 0 Å². The number of urea groups is 1. The number of ether oxygens (including phenoxy) is 2. The lowest BCUT2D eigenvalue weighted by molar-refractivity contribution is -0.145. The third-order valence-electron chi connectivity index (χ3n) is 4.32. The zero-order valence-corrected chi connectivity index (χ0v) is 18.4. The summed E-state index contributed by atoms with van der Waals surface area (Å²) in [5.74, 6) is -1.88. The predicted octanol–water partition coefficient (Wildman–Crippen LogP) is 3.37. The van der Waals surface area contributed by atoms with Gasteiger partial charge in [0.25, 0.3) is 11.8 Å². The molecule has 1 N–H and O–H groups in total. The van der Waals surface area contributed by atoms with Crippen molar-refractivity contribution in [1.82, 2.24) is 5.32 Å². The summed E-state index contributed by atoms with van der Waals surface area (Å²) in [7, 11) is 0. The van der Waals surface area contributed by atoms with Crippen molar-refractivity contribution in [2.75, 3.05) is 18.1 Å². The van der Waals surface area contributed by atoms with Crippen LogP contribution in [0.3, 0.4) is 0 Å². The van der Waals surface area contributed by atoms with Gasteiger partial charge < -0.3 is 9.47 Å². The van der Waals surface area contributed by atoms with Crippen LogP contribution in [-0.4, -0.2) is 37.0 Å². The van der Waals surface area contributed by atoms with E-state index in [1.165, 1.54) is 6.08 Å². The van der Waals surface area contributed by atoms with Crippen LogP contribution < -0.4 is 15.0 Å². The van der Waals surface area contributed by atoms with Gasteiger partial charge in [-0.25, -0.2) is 14.5 Å². The topological polar surface area (TPSA) is 102 Å². The summed E-state index contributed by atoms with van der Waals surface area (Å²) in [6.45, 7) is 3.44. The van der Waals surface area contributed by atoms with Crippen LogP contribution in [0.2, 0.25) is 0 Å². The summed E-state index contributed by atoms with van der Waals surface area (Å²) < 4.78 is 11.0. The molecule has 0 spiro atoms. The van der Waals surface area contributed by atoms with Gasteiger partial charge in [0.1, 0.15) is 11.3 Å². The number of hydrogen-bond donors (Lipinski definition) is 1. The van der Waals surface area contributed by atoms with E-state index in [1.54, 1.807) is 49.4 Å². The van der Waals surface area contributed by atoms with E-state index in [9.17, 15) is 19.2 Å². The highest BCUT2D eigenvalue weighted by molar-refractivity contribution is 9.10. The molecule has 2 aromatic rings. The minimum Gasteiger partial charge on any atom is -0.481 e. The van der Waals surface area contributed by atoms with Crippen LogP contribution in [0.4, 0.5) is 10.5 Å². The maximum atomic E-state index is 13.0. The first-order chi connectivity index (χ1) is 14.8. The first-order valence-corrected chi connectivity index (χ1v) is 10.2. The number of aryl methyl sites for hydroxylation is 1. The van der Waals surface area contributed by atoms with E-state index in [1.807, 2.05) is 6.92 Å². The van der Waals surface area contributed by atoms with Gasteiger partial charge in [0, 0.05) is 10.0 Å². The number of nitrogens with one attached hydrogen (secondary N) is 1.